The van der Waals surface area contributed by atoms with Gasteiger partial charge in [0.05, 0.1) is 0 Å². The number of aryl methyl sites for hydroxylation is 2. The number of benzene rings is 2. The first kappa shape index (κ1) is 25.3. The van der Waals surface area contributed by atoms with Crippen LogP contribution in [0, 0.1) is 11.8 Å². The topological polar surface area (TPSA) is 61.4 Å². The smallest absolute Gasteiger partial charge is 0.140 e. The number of nitrogens with zero attached hydrogens (tertiary/aromatic N) is 6. The fourth-order valence-electron chi connectivity index (χ4n) is 5.36. The Morgan fingerprint density at radius 1 is 0.694 bits per heavy atom. The first-order valence-electron chi connectivity index (χ1n) is 12.7. The van der Waals surface area contributed by atoms with E-state index in [-0.39, 0.29) is 0 Å². The van der Waals surface area contributed by atoms with Crippen molar-refractivity contribution in [2.24, 2.45) is 25.9 Å². The number of aromatic nitrogens is 6. The molecule has 2 saturated carbocycles. The van der Waals surface area contributed by atoms with Gasteiger partial charge in [-0.25, -0.2) is 0 Å². The summed E-state index contributed by atoms with van der Waals surface area (Å²) in [5.41, 5.74) is 2.68. The molecule has 2 heterocycles. The van der Waals surface area contributed by atoms with E-state index in [9.17, 15) is 0 Å². The van der Waals surface area contributed by atoms with E-state index in [1.807, 2.05) is 23.2 Å². The van der Waals surface area contributed by atoms with Gasteiger partial charge in [-0.15, -0.1) is 20.4 Å². The Kier molecular flexibility index (Phi) is 8.01. The lowest BCUT2D eigenvalue weighted by molar-refractivity contribution is 0.274. The summed E-state index contributed by atoms with van der Waals surface area (Å²) in [6.45, 7) is 0. The zero-order valence-corrected chi connectivity index (χ0v) is 23.9. The lowest BCUT2D eigenvalue weighted by Gasteiger charge is -2.33. The monoisotopic (exact) mass is 610 g/mol. The largest absolute Gasteiger partial charge is 0.320 e. The third-order valence-electron chi connectivity index (χ3n) is 7.71. The number of rotatable bonds is 6. The summed E-state index contributed by atoms with van der Waals surface area (Å²) in [7, 11) is 4.05. The van der Waals surface area contributed by atoms with Crippen LogP contribution in [-0.2, 0) is 14.1 Å². The molecule has 188 valence electrons. The van der Waals surface area contributed by atoms with Crippen molar-refractivity contribution in [3.8, 4) is 0 Å². The highest BCUT2D eigenvalue weighted by molar-refractivity contribution is 9.10. The summed E-state index contributed by atoms with van der Waals surface area (Å²) in [4.78, 5) is 0. The minimum atomic E-state index is 0.378. The highest BCUT2D eigenvalue weighted by Crippen LogP contribution is 2.44. The molecule has 0 radical (unpaired) electrons. The summed E-state index contributed by atoms with van der Waals surface area (Å²) in [6.07, 6.45) is 11.4. The van der Waals surface area contributed by atoms with Gasteiger partial charge >= 0.3 is 0 Å². The Morgan fingerprint density at radius 2 is 1.11 bits per heavy atom. The molecule has 2 aromatic carbocycles. The Balaban J connectivity index is 0.000000148. The predicted octanol–water partition coefficient (Wildman–Crippen LogP) is 7.02. The maximum atomic E-state index is 4.32. The van der Waals surface area contributed by atoms with Crippen LogP contribution >= 0.6 is 31.9 Å². The molecule has 8 heteroatoms. The number of hydrogen-bond donors (Lipinski definition) is 0. The van der Waals surface area contributed by atoms with Crippen LogP contribution in [0.5, 0.6) is 0 Å². The Hall–Kier alpha value is -2.32. The highest BCUT2D eigenvalue weighted by Gasteiger charge is 2.33. The summed E-state index contributed by atoms with van der Waals surface area (Å²) in [6, 6.07) is 17.1. The van der Waals surface area contributed by atoms with Gasteiger partial charge in [0.2, 0.25) is 0 Å². The molecule has 2 aliphatic carbocycles. The van der Waals surface area contributed by atoms with E-state index in [1.165, 1.54) is 49.7 Å². The Labute approximate surface area is 229 Å². The zero-order chi connectivity index (χ0) is 25.1. The van der Waals surface area contributed by atoms with Crippen LogP contribution < -0.4 is 0 Å². The van der Waals surface area contributed by atoms with E-state index >= 15 is 0 Å². The van der Waals surface area contributed by atoms with E-state index in [0.717, 1.165) is 20.6 Å². The normalized spacial score (nSPS) is 17.4. The molecular formula is C28H32Br2N6. The van der Waals surface area contributed by atoms with Crippen LogP contribution in [0.15, 0.2) is 70.1 Å². The molecule has 0 spiro atoms. The number of hydrogen-bond acceptors (Lipinski definition) is 4. The lowest BCUT2D eigenvalue weighted by Crippen LogP contribution is -2.23. The standard InChI is InChI=1S/2C14H16BrN3/c2*1-18-9-16-17-14(18)13(10-4-2-5-10)11-6-3-7-12(15)8-11/h2*3,6-10,13H,2,4-5H2,1H3/t2*13-/m10/s1. The van der Waals surface area contributed by atoms with Gasteiger partial charge in [-0.3, -0.25) is 0 Å². The van der Waals surface area contributed by atoms with Crippen LogP contribution in [0.25, 0.3) is 0 Å². The van der Waals surface area contributed by atoms with Gasteiger partial charge in [0.25, 0.3) is 0 Å². The average molecular weight is 612 g/mol. The van der Waals surface area contributed by atoms with Crippen molar-refractivity contribution >= 4 is 31.9 Å². The van der Waals surface area contributed by atoms with Gasteiger partial charge in [0.1, 0.15) is 24.3 Å². The lowest BCUT2D eigenvalue weighted by atomic mass is 9.72. The third-order valence-corrected chi connectivity index (χ3v) is 8.69. The summed E-state index contributed by atoms with van der Waals surface area (Å²) in [5.74, 6) is 4.34. The summed E-state index contributed by atoms with van der Waals surface area (Å²) >= 11 is 7.12. The first-order chi connectivity index (χ1) is 17.5. The summed E-state index contributed by atoms with van der Waals surface area (Å²) < 4.78 is 6.35. The second-order valence-corrected chi connectivity index (χ2v) is 11.9. The molecule has 2 fully saturated rings. The molecule has 6 rings (SSSR count). The second kappa shape index (κ2) is 11.4. The Bertz CT molecular complexity index is 1190. The van der Waals surface area contributed by atoms with Gasteiger partial charge in [0, 0.05) is 34.9 Å². The van der Waals surface area contributed by atoms with Crippen LogP contribution in [0.2, 0.25) is 0 Å². The zero-order valence-electron chi connectivity index (χ0n) is 20.8. The molecule has 2 aliphatic rings. The second-order valence-electron chi connectivity index (χ2n) is 10.0. The molecule has 0 amide bonds. The molecule has 4 aromatic rings. The highest BCUT2D eigenvalue weighted by atomic mass is 79.9. The van der Waals surface area contributed by atoms with Crippen molar-refractivity contribution in [1.82, 2.24) is 29.5 Å². The Morgan fingerprint density at radius 3 is 1.39 bits per heavy atom. The number of halogens is 2. The van der Waals surface area contributed by atoms with Gasteiger partial charge < -0.3 is 9.13 Å². The molecule has 2 aromatic heterocycles. The van der Waals surface area contributed by atoms with Crippen molar-refractivity contribution in [1.29, 1.82) is 0 Å². The van der Waals surface area contributed by atoms with Crippen molar-refractivity contribution in [2.45, 2.75) is 50.4 Å². The molecule has 0 saturated heterocycles. The average Bonchev–Trinajstić information content (AvgIpc) is 3.41. The maximum Gasteiger partial charge on any atom is 0.140 e. The van der Waals surface area contributed by atoms with E-state index in [2.05, 4.69) is 101 Å². The first-order valence-corrected chi connectivity index (χ1v) is 14.3. The van der Waals surface area contributed by atoms with Gasteiger partial charge in [-0.1, -0.05) is 69.0 Å². The molecular weight excluding hydrogens is 580 g/mol. The fraction of sp³-hybridized carbons (Fsp3) is 0.429. The third kappa shape index (κ3) is 5.49. The van der Waals surface area contributed by atoms with Gasteiger partial charge in [-0.2, -0.15) is 0 Å². The van der Waals surface area contributed by atoms with Gasteiger partial charge in [-0.05, 0) is 72.9 Å². The quantitative estimate of drug-likeness (QED) is 0.235. The van der Waals surface area contributed by atoms with E-state index in [4.69, 9.17) is 0 Å². The molecule has 0 N–H and O–H groups in total. The summed E-state index contributed by atoms with van der Waals surface area (Å²) in [5, 5.41) is 16.7. The van der Waals surface area contributed by atoms with Crippen LogP contribution in [0.1, 0.15) is 73.1 Å². The maximum absolute atomic E-state index is 4.32. The molecule has 0 bridgehead atoms. The van der Waals surface area contributed by atoms with E-state index in [0.29, 0.717) is 23.7 Å². The fourth-order valence-corrected chi connectivity index (χ4v) is 6.19. The van der Waals surface area contributed by atoms with Crippen molar-refractivity contribution in [3.05, 3.63) is 92.9 Å². The minimum Gasteiger partial charge on any atom is -0.320 e. The predicted molar refractivity (Wildman–Crippen MR) is 149 cm³/mol. The molecule has 0 aliphatic heterocycles. The minimum absolute atomic E-state index is 0.378. The van der Waals surface area contributed by atoms with E-state index < -0.39 is 0 Å². The SMILES string of the molecule is Cn1cnnc1[C@@H](c1cccc(Br)c1)C1CCC1.Cn1cnnc1[C@H](c1cccc(Br)c1)C1CCC1. The van der Waals surface area contributed by atoms with Crippen LogP contribution in [-0.4, -0.2) is 29.5 Å². The van der Waals surface area contributed by atoms with Gasteiger partial charge in [0.15, 0.2) is 0 Å². The van der Waals surface area contributed by atoms with Crippen LogP contribution in [0.3, 0.4) is 0 Å². The van der Waals surface area contributed by atoms with Crippen molar-refractivity contribution in [3.63, 3.8) is 0 Å². The molecule has 0 unspecified atom stereocenters. The molecule has 2 atom stereocenters. The van der Waals surface area contributed by atoms with Crippen molar-refractivity contribution in [2.75, 3.05) is 0 Å². The van der Waals surface area contributed by atoms with Crippen LogP contribution in [0.4, 0.5) is 0 Å². The molecule has 6 nitrogen and oxygen atoms in total. The molecule has 36 heavy (non-hydrogen) atoms. The van der Waals surface area contributed by atoms with E-state index in [1.54, 1.807) is 12.7 Å². The van der Waals surface area contributed by atoms with Crippen molar-refractivity contribution < 1.29 is 0 Å².